The summed E-state index contributed by atoms with van der Waals surface area (Å²) in [6.07, 6.45) is 4.01. The molecule has 0 spiro atoms. The lowest BCUT2D eigenvalue weighted by atomic mass is 9.77. The maximum atomic E-state index is 13.5. The van der Waals surface area contributed by atoms with E-state index in [1.807, 2.05) is 45.0 Å². The number of carbonyl (C=O) groups is 2. The lowest BCUT2D eigenvalue weighted by molar-refractivity contribution is -0.144. The lowest BCUT2D eigenvalue weighted by Gasteiger charge is -2.29. The van der Waals surface area contributed by atoms with Crippen LogP contribution in [0.2, 0.25) is 5.02 Å². The zero-order chi connectivity index (χ0) is 30.1. The minimum absolute atomic E-state index is 0.0405. The van der Waals surface area contributed by atoms with E-state index in [4.69, 9.17) is 30.8 Å². The summed E-state index contributed by atoms with van der Waals surface area (Å²) < 4.78 is 18.2. The molecule has 1 aliphatic carbocycles. The Labute approximate surface area is 254 Å². The molecule has 1 N–H and O–H groups in total. The summed E-state index contributed by atoms with van der Waals surface area (Å²) in [6, 6.07) is 9.76. The number of carbonyl (C=O) groups excluding carboxylic acids is 2. The Kier molecular flexibility index (Phi) is 8.80. The second kappa shape index (κ2) is 12.4. The smallest absolute Gasteiger partial charge is 0.304 e. The number of aromatic nitrogens is 2. The number of thiazole rings is 1. The van der Waals surface area contributed by atoms with Crippen molar-refractivity contribution in [1.29, 1.82) is 0 Å². The summed E-state index contributed by atoms with van der Waals surface area (Å²) in [5.41, 5.74) is 5.46. The summed E-state index contributed by atoms with van der Waals surface area (Å²) in [6.45, 7) is 7.34. The fourth-order valence-corrected chi connectivity index (χ4v) is 7.53. The van der Waals surface area contributed by atoms with Crippen LogP contribution < -0.4 is 14.8 Å². The zero-order valence-corrected chi connectivity index (χ0v) is 26.4. The predicted octanol–water partition coefficient (Wildman–Crippen LogP) is 7.91. The van der Waals surface area contributed by atoms with Crippen LogP contribution in [0.3, 0.4) is 0 Å². The molecule has 0 saturated heterocycles. The van der Waals surface area contributed by atoms with Gasteiger partial charge in [-0.2, -0.15) is 0 Å². The van der Waals surface area contributed by atoms with Crippen LogP contribution >= 0.6 is 22.9 Å². The Hall–Kier alpha value is -3.56. The van der Waals surface area contributed by atoms with Gasteiger partial charge in [0.25, 0.3) is 5.91 Å². The summed E-state index contributed by atoms with van der Waals surface area (Å²) in [5, 5.41) is 5.04. The van der Waals surface area contributed by atoms with E-state index in [0.29, 0.717) is 33.4 Å². The van der Waals surface area contributed by atoms with Crippen molar-refractivity contribution in [3.05, 3.63) is 68.3 Å². The molecule has 0 unspecified atom stereocenters. The van der Waals surface area contributed by atoms with Crippen LogP contribution in [0.5, 0.6) is 11.5 Å². The van der Waals surface area contributed by atoms with Gasteiger partial charge in [0.2, 0.25) is 0 Å². The molecule has 5 rings (SSSR count). The number of nitrogens with zero attached hydrogens (tertiary/aromatic N) is 2. The number of hydrogen-bond donors (Lipinski definition) is 1. The number of fused-ring (bicyclic) bond motifs is 1. The average Bonchev–Trinajstić information content (AvgIpc) is 3.51. The van der Waals surface area contributed by atoms with E-state index < -0.39 is 5.97 Å². The number of ether oxygens (including phenoxy) is 3. The predicted molar refractivity (Wildman–Crippen MR) is 166 cm³/mol. The molecule has 222 valence electrons. The van der Waals surface area contributed by atoms with Gasteiger partial charge in [-0.3, -0.25) is 14.9 Å². The van der Waals surface area contributed by atoms with Crippen molar-refractivity contribution < 1.29 is 23.8 Å². The number of hydrogen-bond acceptors (Lipinski definition) is 7. The van der Waals surface area contributed by atoms with Crippen molar-refractivity contribution in [3.8, 4) is 11.5 Å². The van der Waals surface area contributed by atoms with Crippen molar-refractivity contribution >= 4 is 50.8 Å². The van der Waals surface area contributed by atoms with Crippen molar-refractivity contribution in [2.24, 2.45) is 0 Å². The van der Waals surface area contributed by atoms with Gasteiger partial charge in [0, 0.05) is 28.8 Å². The first-order valence-electron chi connectivity index (χ1n) is 14.0. The van der Waals surface area contributed by atoms with E-state index >= 15 is 0 Å². The molecule has 1 fully saturated rings. The fraction of sp³-hybridized carbons (Fsp3) is 0.406. The molecule has 0 bridgehead atoms. The minimum Gasteiger partial charge on any atom is -0.496 e. The van der Waals surface area contributed by atoms with E-state index in [1.165, 1.54) is 23.1 Å². The number of amides is 1. The van der Waals surface area contributed by atoms with Crippen LogP contribution in [-0.2, 0) is 16.3 Å². The first kappa shape index (κ1) is 29.9. The van der Waals surface area contributed by atoms with Crippen molar-refractivity contribution in [1.82, 2.24) is 9.55 Å². The van der Waals surface area contributed by atoms with E-state index in [2.05, 4.69) is 11.4 Å². The number of esters is 1. The highest BCUT2D eigenvalue weighted by Gasteiger charge is 2.29. The number of rotatable bonds is 8. The number of anilines is 1. The quantitative estimate of drug-likeness (QED) is 0.204. The highest BCUT2D eigenvalue weighted by molar-refractivity contribution is 7.16. The standard InChI is InChI=1S/C32H36ClN3O5S/c1-17-11-18(2)29-23(12-17)13-26(36(29)16-41-20(4)37)31(38)35-32-34-19(3)30(42-32)22-9-7-21(8-10-22)24-14-28(40-6)25(33)15-27(24)39-5/h11-15,21-22H,7-10,16H2,1-6H3,(H,34,35,38). The van der Waals surface area contributed by atoms with Crippen LogP contribution in [0.4, 0.5) is 5.13 Å². The Morgan fingerprint density at radius 2 is 1.69 bits per heavy atom. The van der Waals surface area contributed by atoms with E-state index in [9.17, 15) is 9.59 Å². The van der Waals surface area contributed by atoms with Gasteiger partial charge < -0.3 is 18.8 Å². The molecule has 2 heterocycles. The third-order valence-corrected chi connectivity index (χ3v) is 9.58. The zero-order valence-electron chi connectivity index (χ0n) is 24.8. The van der Waals surface area contributed by atoms with Gasteiger partial charge in [0.05, 0.1) is 30.5 Å². The molecule has 2 aromatic carbocycles. The molecule has 0 radical (unpaired) electrons. The van der Waals surface area contributed by atoms with Gasteiger partial charge >= 0.3 is 5.97 Å². The average molecular weight is 610 g/mol. The monoisotopic (exact) mass is 609 g/mol. The largest absolute Gasteiger partial charge is 0.496 e. The maximum Gasteiger partial charge on any atom is 0.304 e. The minimum atomic E-state index is -0.406. The highest BCUT2D eigenvalue weighted by atomic mass is 35.5. The van der Waals surface area contributed by atoms with Gasteiger partial charge in [-0.05, 0) is 82.1 Å². The fourth-order valence-electron chi connectivity index (χ4n) is 6.17. The van der Waals surface area contributed by atoms with Crippen molar-refractivity contribution in [2.45, 2.75) is 71.9 Å². The Morgan fingerprint density at radius 3 is 2.36 bits per heavy atom. The molecular formula is C32H36ClN3O5S. The Balaban J connectivity index is 1.33. The van der Waals surface area contributed by atoms with E-state index in [1.54, 1.807) is 18.8 Å². The third-order valence-electron chi connectivity index (χ3n) is 8.05. The summed E-state index contributed by atoms with van der Waals surface area (Å²) in [7, 11) is 3.29. The summed E-state index contributed by atoms with van der Waals surface area (Å²) in [5.74, 6) is 1.47. The third kappa shape index (κ3) is 5.99. The second-order valence-electron chi connectivity index (χ2n) is 10.9. The van der Waals surface area contributed by atoms with Gasteiger partial charge in [0.15, 0.2) is 11.9 Å². The topological polar surface area (TPSA) is 91.7 Å². The van der Waals surface area contributed by atoms with E-state index in [-0.39, 0.29) is 12.6 Å². The summed E-state index contributed by atoms with van der Waals surface area (Å²) >= 11 is 7.86. The van der Waals surface area contributed by atoms with Crippen LogP contribution in [0.1, 0.15) is 82.2 Å². The molecular weight excluding hydrogens is 574 g/mol. The SMILES string of the molecule is COc1cc(C2CCC(c3sc(NC(=O)c4cc5cc(C)cc(C)c5n4COC(C)=O)nc3C)CC2)c(OC)cc1Cl. The second-order valence-corrected chi connectivity index (χ2v) is 12.4. The maximum absolute atomic E-state index is 13.5. The molecule has 4 aromatic rings. The van der Waals surface area contributed by atoms with Crippen molar-refractivity contribution in [2.75, 3.05) is 19.5 Å². The molecule has 1 amide bonds. The number of benzene rings is 2. The first-order chi connectivity index (χ1) is 20.1. The molecule has 0 atom stereocenters. The van der Waals surface area contributed by atoms with Crippen LogP contribution in [0.15, 0.2) is 30.3 Å². The normalized spacial score (nSPS) is 16.8. The molecule has 2 aromatic heterocycles. The molecule has 1 saturated carbocycles. The van der Waals surface area contributed by atoms with Gasteiger partial charge in [-0.15, -0.1) is 11.3 Å². The van der Waals surface area contributed by atoms with Gasteiger partial charge in [0.1, 0.15) is 17.2 Å². The molecule has 0 aliphatic heterocycles. The van der Waals surface area contributed by atoms with Gasteiger partial charge in [-0.1, -0.05) is 23.2 Å². The number of halogens is 1. The lowest BCUT2D eigenvalue weighted by Crippen LogP contribution is -2.19. The number of aryl methyl sites for hydroxylation is 3. The number of methoxy groups -OCH3 is 2. The first-order valence-corrected chi connectivity index (χ1v) is 15.2. The molecule has 1 aliphatic rings. The van der Waals surface area contributed by atoms with Gasteiger partial charge in [-0.25, -0.2) is 4.98 Å². The van der Waals surface area contributed by atoms with Crippen LogP contribution in [-0.4, -0.2) is 35.6 Å². The van der Waals surface area contributed by atoms with E-state index in [0.717, 1.165) is 64.7 Å². The van der Waals surface area contributed by atoms with Crippen LogP contribution in [0.25, 0.3) is 10.9 Å². The number of nitrogens with one attached hydrogen (secondary N) is 1. The van der Waals surface area contributed by atoms with Crippen LogP contribution in [0, 0.1) is 20.8 Å². The molecule has 8 nitrogen and oxygen atoms in total. The summed E-state index contributed by atoms with van der Waals surface area (Å²) in [4.78, 5) is 31.1. The van der Waals surface area contributed by atoms with Crippen molar-refractivity contribution in [3.63, 3.8) is 0 Å². The molecule has 42 heavy (non-hydrogen) atoms. The highest BCUT2D eigenvalue weighted by Crippen LogP contribution is 2.47. The molecule has 10 heteroatoms. The Morgan fingerprint density at radius 1 is 1.00 bits per heavy atom. The Bertz CT molecular complexity index is 1650.